The fourth-order valence-electron chi connectivity index (χ4n) is 1.20. The smallest absolute Gasteiger partial charge is 0.171 e. The molecule has 0 spiro atoms. The lowest BCUT2D eigenvalue weighted by Gasteiger charge is -1.98. The van der Waals surface area contributed by atoms with Crippen LogP contribution in [-0.2, 0) is 6.54 Å². The Labute approximate surface area is 101 Å². The van der Waals surface area contributed by atoms with Gasteiger partial charge in [-0.05, 0) is 36.4 Å². The van der Waals surface area contributed by atoms with Crippen LogP contribution in [0.1, 0.15) is 4.88 Å². The molecule has 0 aliphatic carbocycles. The molecule has 0 amide bonds. The summed E-state index contributed by atoms with van der Waals surface area (Å²) < 4.78 is 13.0. The number of hydrogen-bond acceptors (Lipinski definition) is 4. The van der Waals surface area contributed by atoms with Crippen LogP contribution in [0.5, 0.6) is 5.75 Å². The molecular formula is C11H10FNOS2. The van der Waals surface area contributed by atoms with Gasteiger partial charge in [-0.2, -0.15) is 0 Å². The molecule has 2 rings (SSSR count). The summed E-state index contributed by atoms with van der Waals surface area (Å²) in [5.41, 5.74) is 5.54. The van der Waals surface area contributed by atoms with Crippen LogP contribution in [-0.4, -0.2) is 0 Å². The summed E-state index contributed by atoms with van der Waals surface area (Å²) >= 11 is 3.30. The lowest BCUT2D eigenvalue weighted by molar-refractivity contribution is -0.00626. The zero-order valence-electron chi connectivity index (χ0n) is 8.35. The van der Waals surface area contributed by atoms with Gasteiger partial charge in [0.2, 0.25) is 0 Å². The molecule has 16 heavy (non-hydrogen) atoms. The maximum atomic E-state index is 11.8. The zero-order chi connectivity index (χ0) is 11.4. The fourth-order valence-corrected chi connectivity index (χ4v) is 3.23. The molecule has 2 N–H and O–H groups in total. The molecular weight excluding hydrogens is 245 g/mol. The first kappa shape index (κ1) is 11.4. The van der Waals surface area contributed by atoms with Crippen LogP contribution in [0.3, 0.4) is 0 Å². The van der Waals surface area contributed by atoms with Crippen LogP contribution in [0, 0.1) is 0 Å². The third-order valence-electron chi connectivity index (χ3n) is 1.97. The van der Waals surface area contributed by atoms with Crippen molar-refractivity contribution in [2.24, 2.45) is 5.73 Å². The Hall–Kier alpha value is -1.04. The molecule has 0 unspecified atom stereocenters. The summed E-state index contributed by atoms with van der Waals surface area (Å²) in [6.45, 7) is 0.569. The monoisotopic (exact) mass is 255 g/mol. The summed E-state index contributed by atoms with van der Waals surface area (Å²) in [5, 5.41) is 0. The summed E-state index contributed by atoms with van der Waals surface area (Å²) in [6.07, 6.45) is 0. The molecule has 0 aliphatic rings. The van der Waals surface area contributed by atoms with Gasteiger partial charge in [0.05, 0.1) is 4.21 Å². The molecule has 0 aliphatic heterocycles. The second kappa shape index (κ2) is 5.34. The highest BCUT2D eigenvalue weighted by Gasteiger charge is 2.02. The Morgan fingerprint density at radius 1 is 1.19 bits per heavy atom. The number of benzene rings is 1. The SMILES string of the molecule is NCc1ccc(Sc2ccc(OF)cc2)s1. The van der Waals surface area contributed by atoms with Crippen LogP contribution in [0.4, 0.5) is 4.53 Å². The van der Waals surface area contributed by atoms with E-state index in [-0.39, 0.29) is 5.75 Å². The largest absolute Gasteiger partial charge is 0.326 e. The lowest BCUT2D eigenvalue weighted by Crippen LogP contribution is -1.90. The Bertz CT molecular complexity index is 455. The van der Waals surface area contributed by atoms with Crippen molar-refractivity contribution in [2.45, 2.75) is 15.6 Å². The normalized spacial score (nSPS) is 10.4. The zero-order valence-corrected chi connectivity index (χ0v) is 9.98. The molecule has 0 saturated carbocycles. The van der Waals surface area contributed by atoms with Crippen molar-refractivity contribution in [1.29, 1.82) is 0 Å². The maximum Gasteiger partial charge on any atom is 0.171 e. The minimum atomic E-state index is 0.221. The predicted molar refractivity (Wildman–Crippen MR) is 64.5 cm³/mol. The third kappa shape index (κ3) is 2.75. The topological polar surface area (TPSA) is 35.2 Å². The molecule has 1 heterocycles. The minimum Gasteiger partial charge on any atom is -0.326 e. The lowest BCUT2D eigenvalue weighted by atomic mass is 10.3. The maximum absolute atomic E-state index is 11.8. The van der Waals surface area contributed by atoms with Crippen molar-refractivity contribution < 1.29 is 9.47 Å². The average molecular weight is 255 g/mol. The second-order valence-electron chi connectivity index (χ2n) is 3.08. The van der Waals surface area contributed by atoms with E-state index in [0.29, 0.717) is 6.54 Å². The van der Waals surface area contributed by atoms with Crippen LogP contribution < -0.4 is 10.7 Å². The highest BCUT2D eigenvalue weighted by atomic mass is 32.2. The predicted octanol–water partition coefficient (Wildman–Crippen LogP) is 3.62. The Morgan fingerprint density at radius 2 is 1.94 bits per heavy atom. The van der Waals surface area contributed by atoms with Gasteiger partial charge >= 0.3 is 0 Å². The van der Waals surface area contributed by atoms with Crippen LogP contribution in [0.15, 0.2) is 45.5 Å². The van der Waals surface area contributed by atoms with Gasteiger partial charge in [-0.3, -0.25) is 4.94 Å². The van der Waals surface area contributed by atoms with E-state index < -0.39 is 0 Å². The van der Waals surface area contributed by atoms with E-state index in [1.807, 2.05) is 24.3 Å². The van der Waals surface area contributed by atoms with E-state index in [2.05, 4.69) is 4.94 Å². The van der Waals surface area contributed by atoms with Crippen LogP contribution in [0.2, 0.25) is 0 Å². The minimum absolute atomic E-state index is 0.221. The quantitative estimate of drug-likeness (QED) is 0.906. The molecule has 0 fully saturated rings. The number of rotatable bonds is 4. The highest BCUT2D eigenvalue weighted by Crippen LogP contribution is 2.33. The van der Waals surface area contributed by atoms with Crippen molar-refractivity contribution >= 4 is 23.1 Å². The standard InChI is InChI=1S/C11H10FNOS2/c12-14-8-1-3-9(4-2-8)15-11-6-5-10(7-13)16-11/h1-6H,7,13H2. The molecule has 2 aromatic rings. The van der Waals surface area contributed by atoms with E-state index in [1.165, 1.54) is 4.21 Å². The molecule has 2 nitrogen and oxygen atoms in total. The Kier molecular flexibility index (Phi) is 3.82. The number of nitrogens with two attached hydrogens (primary N) is 1. The van der Waals surface area contributed by atoms with Gasteiger partial charge in [0, 0.05) is 20.8 Å². The summed E-state index contributed by atoms with van der Waals surface area (Å²) in [6, 6.07) is 10.9. The highest BCUT2D eigenvalue weighted by molar-refractivity contribution is 8.01. The number of halogens is 1. The van der Waals surface area contributed by atoms with Gasteiger partial charge < -0.3 is 5.73 Å². The van der Waals surface area contributed by atoms with Crippen molar-refractivity contribution in [3.05, 3.63) is 41.3 Å². The summed E-state index contributed by atoms with van der Waals surface area (Å²) in [7, 11) is 0. The number of thiophene rings is 1. The first-order valence-electron chi connectivity index (χ1n) is 4.67. The van der Waals surface area contributed by atoms with Crippen molar-refractivity contribution in [2.75, 3.05) is 0 Å². The van der Waals surface area contributed by atoms with Crippen LogP contribution >= 0.6 is 23.1 Å². The van der Waals surface area contributed by atoms with Gasteiger partial charge in [0.1, 0.15) is 0 Å². The number of hydrogen-bond donors (Lipinski definition) is 1. The second-order valence-corrected chi connectivity index (χ2v) is 5.62. The Morgan fingerprint density at radius 3 is 2.50 bits per heavy atom. The average Bonchev–Trinajstić information content (AvgIpc) is 2.78. The van der Waals surface area contributed by atoms with Crippen molar-refractivity contribution in [3.63, 3.8) is 0 Å². The first-order chi connectivity index (χ1) is 7.81. The Balaban J connectivity index is 2.08. The molecule has 0 radical (unpaired) electrons. The van der Waals surface area contributed by atoms with E-state index >= 15 is 0 Å². The van der Waals surface area contributed by atoms with Gasteiger partial charge in [-0.15, -0.1) is 11.3 Å². The van der Waals surface area contributed by atoms with Gasteiger partial charge in [-0.1, -0.05) is 11.8 Å². The molecule has 0 saturated heterocycles. The van der Waals surface area contributed by atoms with Crippen molar-refractivity contribution in [1.82, 2.24) is 0 Å². The third-order valence-corrected chi connectivity index (χ3v) is 4.22. The van der Waals surface area contributed by atoms with Gasteiger partial charge in [-0.25, -0.2) is 0 Å². The van der Waals surface area contributed by atoms with Gasteiger partial charge in [0.15, 0.2) is 5.75 Å². The van der Waals surface area contributed by atoms with E-state index in [0.717, 1.165) is 9.77 Å². The molecule has 0 atom stereocenters. The molecule has 0 bridgehead atoms. The van der Waals surface area contributed by atoms with E-state index in [4.69, 9.17) is 5.73 Å². The molecule has 1 aromatic heterocycles. The molecule has 5 heteroatoms. The molecule has 84 valence electrons. The summed E-state index contributed by atoms with van der Waals surface area (Å²) in [4.78, 5) is 5.82. The molecule has 1 aromatic carbocycles. The van der Waals surface area contributed by atoms with Crippen molar-refractivity contribution in [3.8, 4) is 5.75 Å². The first-order valence-corrected chi connectivity index (χ1v) is 6.30. The fraction of sp³-hybridized carbons (Fsp3) is 0.0909. The van der Waals surface area contributed by atoms with Crippen LogP contribution in [0.25, 0.3) is 0 Å². The van der Waals surface area contributed by atoms with E-state index in [1.54, 1.807) is 35.2 Å². The van der Waals surface area contributed by atoms with Gasteiger partial charge in [0.25, 0.3) is 0 Å². The van der Waals surface area contributed by atoms with E-state index in [9.17, 15) is 4.53 Å². The summed E-state index contributed by atoms with van der Waals surface area (Å²) in [5.74, 6) is 0.221.